The van der Waals surface area contributed by atoms with Crippen molar-refractivity contribution < 1.29 is 22.7 Å². The fourth-order valence-electron chi connectivity index (χ4n) is 3.23. The number of nitrogens with zero attached hydrogens (tertiary/aromatic N) is 1. The van der Waals surface area contributed by atoms with Crippen LogP contribution in [0.2, 0.25) is 5.02 Å². The van der Waals surface area contributed by atoms with Gasteiger partial charge < -0.3 is 15.0 Å². The number of rotatable bonds is 4. The number of carbonyl (C=O) groups excluding carboxylic acids is 1. The molecule has 1 heterocycles. The minimum Gasteiger partial charge on any atom is -0.496 e. The lowest BCUT2D eigenvalue weighted by Gasteiger charge is -2.23. The normalized spacial score (nSPS) is 13.8. The molecule has 160 valence electrons. The number of nitrogens with one attached hydrogen (secondary N) is 2. The largest absolute Gasteiger partial charge is 0.496 e. The van der Waals surface area contributed by atoms with Gasteiger partial charge in [-0.2, -0.15) is 13.2 Å². The highest BCUT2D eigenvalue weighted by Gasteiger charge is 2.32. The van der Waals surface area contributed by atoms with Crippen molar-refractivity contribution in [2.75, 3.05) is 30.4 Å². The quantitative estimate of drug-likeness (QED) is 0.626. The molecule has 0 atom stereocenters. The molecule has 3 rings (SSSR count). The van der Waals surface area contributed by atoms with E-state index in [2.05, 4.69) is 10.6 Å². The van der Waals surface area contributed by atoms with Gasteiger partial charge >= 0.3 is 6.18 Å². The first kappa shape index (κ1) is 22.2. The van der Waals surface area contributed by atoms with Gasteiger partial charge in [-0.05, 0) is 61.5 Å². The summed E-state index contributed by atoms with van der Waals surface area (Å²) in [6, 6.07) is 7.97. The molecule has 0 aromatic heterocycles. The number of methoxy groups -OCH3 is 1. The number of carbonyl (C=O) groups is 1. The zero-order chi connectivity index (χ0) is 21.9. The maximum Gasteiger partial charge on any atom is 0.416 e. The summed E-state index contributed by atoms with van der Waals surface area (Å²) in [5.41, 5.74) is 0.115. The van der Waals surface area contributed by atoms with Crippen molar-refractivity contribution in [1.29, 1.82) is 0 Å². The maximum absolute atomic E-state index is 13.2. The minimum absolute atomic E-state index is 0.137. The Kier molecular flexibility index (Phi) is 6.72. The Morgan fingerprint density at radius 1 is 1.17 bits per heavy atom. The van der Waals surface area contributed by atoms with E-state index >= 15 is 0 Å². The van der Waals surface area contributed by atoms with E-state index in [0.717, 1.165) is 38.1 Å². The molecule has 1 aliphatic rings. The fraction of sp³-hybridized carbons (Fsp3) is 0.300. The first-order chi connectivity index (χ1) is 14.2. The first-order valence-electron chi connectivity index (χ1n) is 9.11. The standard InChI is InChI=1S/C20H19ClF3N3O2S/c1-29-17-7-5-13(21)11-14(17)18(28)26-19(30)25-15-10-12(20(22,23)24)4-6-16(15)27-8-2-3-9-27/h4-7,10-11H,2-3,8-9H2,1H3,(H2,25,26,28,30). The summed E-state index contributed by atoms with van der Waals surface area (Å²) in [7, 11) is 1.40. The van der Waals surface area contributed by atoms with E-state index < -0.39 is 17.6 Å². The third-order valence-corrected chi connectivity index (χ3v) is 5.09. The van der Waals surface area contributed by atoms with Crippen LogP contribution in [0, 0.1) is 0 Å². The van der Waals surface area contributed by atoms with Crippen LogP contribution in [0.3, 0.4) is 0 Å². The molecule has 1 amide bonds. The van der Waals surface area contributed by atoms with Crippen LogP contribution in [0.1, 0.15) is 28.8 Å². The molecular weight excluding hydrogens is 439 g/mol. The average Bonchev–Trinajstić information content (AvgIpc) is 3.21. The van der Waals surface area contributed by atoms with Crippen LogP contribution in [-0.4, -0.2) is 31.2 Å². The topological polar surface area (TPSA) is 53.6 Å². The number of thiocarbonyl (C=S) groups is 1. The first-order valence-corrected chi connectivity index (χ1v) is 9.89. The van der Waals surface area contributed by atoms with E-state index in [0.29, 0.717) is 10.7 Å². The van der Waals surface area contributed by atoms with Gasteiger partial charge in [0.25, 0.3) is 5.91 Å². The minimum atomic E-state index is -4.50. The molecule has 1 fully saturated rings. The summed E-state index contributed by atoms with van der Waals surface area (Å²) in [5, 5.41) is 5.39. The van der Waals surface area contributed by atoms with Gasteiger partial charge in [0, 0.05) is 18.1 Å². The number of amides is 1. The van der Waals surface area contributed by atoms with Gasteiger partial charge in [0.05, 0.1) is 29.6 Å². The van der Waals surface area contributed by atoms with Crippen LogP contribution in [0.15, 0.2) is 36.4 Å². The third kappa shape index (κ3) is 5.14. The molecule has 10 heteroatoms. The summed E-state index contributed by atoms with van der Waals surface area (Å²) in [6.45, 7) is 1.47. The summed E-state index contributed by atoms with van der Waals surface area (Å²) in [5.74, 6) is -0.307. The average molecular weight is 458 g/mol. The number of ether oxygens (including phenoxy) is 1. The van der Waals surface area contributed by atoms with Crippen molar-refractivity contribution in [3.05, 3.63) is 52.5 Å². The number of anilines is 2. The maximum atomic E-state index is 13.2. The monoisotopic (exact) mass is 457 g/mol. The van der Waals surface area contributed by atoms with Gasteiger partial charge in [0.15, 0.2) is 5.11 Å². The third-order valence-electron chi connectivity index (χ3n) is 4.65. The van der Waals surface area contributed by atoms with Crippen molar-refractivity contribution in [3.63, 3.8) is 0 Å². The molecule has 1 saturated heterocycles. The molecule has 0 bridgehead atoms. The summed E-state index contributed by atoms with van der Waals surface area (Å²) in [4.78, 5) is 14.6. The van der Waals surface area contributed by atoms with Crippen molar-refractivity contribution in [1.82, 2.24) is 5.32 Å². The molecule has 0 unspecified atom stereocenters. The van der Waals surface area contributed by atoms with E-state index in [1.807, 2.05) is 4.90 Å². The number of hydrogen-bond acceptors (Lipinski definition) is 4. The smallest absolute Gasteiger partial charge is 0.416 e. The van der Waals surface area contributed by atoms with Gasteiger partial charge in [-0.25, -0.2) is 0 Å². The number of alkyl halides is 3. The van der Waals surface area contributed by atoms with E-state index in [-0.39, 0.29) is 22.1 Å². The van der Waals surface area contributed by atoms with Crippen LogP contribution in [0.25, 0.3) is 0 Å². The number of benzene rings is 2. The fourth-order valence-corrected chi connectivity index (χ4v) is 3.60. The highest BCUT2D eigenvalue weighted by molar-refractivity contribution is 7.80. The van der Waals surface area contributed by atoms with Crippen LogP contribution in [0.5, 0.6) is 5.75 Å². The summed E-state index contributed by atoms with van der Waals surface area (Å²) < 4.78 is 44.7. The molecule has 2 N–H and O–H groups in total. The number of hydrogen-bond donors (Lipinski definition) is 2. The molecule has 2 aromatic rings. The Balaban J connectivity index is 1.83. The van der Waals surface area contributed by atoms with Gasteiger partial charge in [0.2, 0.25) is 0 Å². The van der Waals surface area contributed by atoms with Gasteiger partial charge in [-0.15, -0.1) is 0 Å². The highest BCUT2D eigenvalue weighted by atomic mass is 35.5. The zero-order valence-corrected chi connectivity index (χ0v) is 17.5. The molecule has 0 saturated carbocycles. The lowest BCUT2D eigenvalue weighted by atomic mass is 10.1. The Labute approximate surface area is 182 Å². The molecule has 0 aliphatic carbocycles. The van der Waals surface area contributed by atoms with Crippen LogP contribution in [-0.2, 0) is 6.18 Å². The van der Waals surface area contributed by atoms with Crippen LogP contribution >= 0.6 is 23.8 Å². The Morgan fingerprint density at radius 2 is 1.87 bits per heavy atom. The van der Waals surface area contributed by atoms with Crippen LogP contribution < -0.4 is 20.3 Å². The predicted molar refractivity (Wildman–Crippen MR) is 115 cm³/mol. The Hall–Kier alpha value is -2.52. The van der Waals surface area contributed by atoms with E-state index in [4.69, 9.17) is 28.6 Å². The predicted octanol–water partition coefficient (Wildman–Crippen LogP) is 5.09. The number of halogens is 4. The molecule has 0 radical (unpaired) electrons. The zero-order valence-electron chi connectivity index (χ0n) is 16.0. The molecule has 1 aliphatic heterocycles. The molecule has 2 aromatic carbocycles. The lowest BCUT2D eigenvalue weighted by molar-refractivity contribution is -0.137. The van der Waals surface area contributed by atoms with E-state index in [1.165, 1.54) is 25.3 Å². The summed E-state index contributed by atoms with van der Waals surface area (Å²) >= 11 is 11.1. The van der Waals surface area contributed by atoms with Gasteiger partial charge in [-0.1, -0.05) is 11.6 Å². The lowest BCUT2D eigenvalue weighted by Crippen LogP contribution is -2.35. The van der Waals surface area contributed by atoms with E-state index in [1.54, 1.807) is 6.07 Å². The van der Waals surface area contributed by atoms with Crippen molar-refractivity contribution in [2.24, 2.45) is 0 Å². The molecular formula is C20H19ClF3N3O2S. The highest BCUT2D eigenvalue weighted by Crippen LogP contribution is 2.36. The van der Waals surface area contributed by atoms with Crippen LogP contribution in [0.4, 0.5) is 24.5 Å². The van der Waals surface area contributed by atoms with E-state index in [9.17, 15) is 18.0 Å². The van der Waals surface area contributed by atoms with Gasteiger partial charge in [-0.3, -0.25) is 10.1 Å². The second kappa shape index (κ2) is 9.09. The second-order valence-corrected chi connectivity index (χ2v) is 7.52. The molecule has 5 nitrogen and oxygen atoms in total. The molecule has 0 spiro atoms. The van der Waals surface area contributed by atoms with Crippen molar-refractivity contribution in [2.45, 2.75) is 19.0 Å². The van der Waals surface area contributed by atoms with Crippen molar-refractivity contribution >= 4 is 46.2 Å². The second-order valence-electron chi connectivity index (χ2n) is 6.68. The Bertz CT molecular complexity index is 963. The summed E-state index contributed by atoms with van der Waals surface area (Å²) in [6.07, 6.45) is -2.59. The van der Waals surface area contributed by atoms with Gasteiger partial charge in [0.1, 0.15) is 5.75 Å². The van der Waals surface area contributed by atoms with Crippen molar-refractivity contribution in [3.8, 4) is 5.75 Å². The Morgan fingerprint density at radius 3 is 2.50 bits per heavy atom. The SMILES string of the molecule is COc1ccc(Cl)cc1C(=O)NC(=S)Nc1cc(C(F)(F)F)ccc1N1CCCC1. The molecule has 30 heavy (non-hydrogen) atoms.